The van der Waals surface area contributed by atoms with Crippen molar-refractivity contribution >= 4 is 46.0 Å². The van der Waals surface area contributed by atoms with E-state index in [1.165, 1.54) is 11.1 Å². The molecule has 1 atom stereocenters. The fraction of sp³-hybridized carbons (Fsp3) is 0.250. The zero-order chi connectivity index (χ0) is 22.5. The number of halogens is 1. The second kappa shape index (κ2) is 7.60. The molecule has 5 amide bonds. The molecule has 1 N–H and O–H groups in total. The van der Waals surface area contributed by atoms with Crippen molar-refractivity contribution in [1.29, 1.82) is 0 Å². The topological polar surface area (TPSA) is 82.6 Å². The number of carbonyl (C=O) groups is 3. The SMILES string of the molecule is CCN(C(=O)N1C(=O)NC(=O)[C@@]12CCCc1ncc(Cl)cc12)c1cccc2ccccc12. The first-order valence-corrected chi connectivity index (χ1v) is 10.9. The summed E-state index contributed by atoms with van der Waals surface area (Å²) in [6, 6.07) is 13.8. The van der Waals surface area contributed by atoms with Crippen molar-refractivity contribution in [3.63, 3.8) is 0 Å². The third-order valence-corrected chi connectivity index (χ3v) is 6.52. The molecule has 1 aromatic heterocycles. The van der Waals surface area contributed by atoms with Gasteiger partial charge in [0, 0.05) is 29.4 Å². The van der Waals surface area contributed by atoms with Gasteiger partial charge < -0.3 is 0 Å². The number of amides is 5. The normalized spacial score (nSPS) is 19.9. The Morgan fingerprint density at radius 3 is 2.81 bits per heavy atom. The number of urea groups is 2. The molecule has 5 rings (SSSR count). The smallest absolute Gasteiger partial charge is 0.294 e. The Labute approximate surface area is 190 Å². The average molecular weight is 449 g/mol. The number of imide groups is 2. The fourth-order valence-electron chi connectivity index (χ4n) is 4.89. The second-order valence-electron chi connectivity index (χ2n) is 7.98. The number of hydrogen-bond acceptors (Lipinski definition) is 4. The Balaban J connectivity index is 1.66. The summed E-state index contributed by atoms with van der Waals surface area (Å²) in [7, 11) is 0. The van der Waals surface area contributed by atoms with Gasteiger partial charge in [0.1, 0.15) is 0 Å². The van der Waals surface area contributed by atoms with Crippen LogP contribution in [0, 0.1) is 0 Å². The molecule has 0 bridgehead atoms. The van der Waals surface area contributed by atoms with Gasteiger partial charge in [0.15, 0.2) is 5.54 Å². The maximum absolute atomic E-state index is 13.9. The summed E-state index contributed by atoms with van der Waals surface area (Å²) in [4.78, 5) is 47.1. The molecule has 1 spiro atoms. The van der Waals surface area contributed by atoms with E-state index < -0.39 is 23.5 Å². The number of benzene rings is 2. The van der Waals surface area contributed by atoms with E-state index >= 15 is 0 Å². The number of pyridine rings is 1. The highest BCUT2D eigenvalue weighted by atomic mass is 35.5. The minimum Gasteiger partial charge on any atom is -0.294 e. The number of hydrogen-bond donors (Lipinski definition) is 1. The van der Waals surface area contributed by atoms with E-state index in [4.69, 9.17) is 11.6 Å². The molecule has 2 aliphatic rings. The first kappa shape index (κ1) is 20.5. The lowest BCUT2D eigenvalue weighted by molar-refractivity contribution is -0.127. The van der Waals surface area contributed by atoms with Crippen LogP contribution < -0.4 is 10.2 Å². The van der Waals surface area contributed by atoms with Crippen molar-refractivity contribution in [3.05, 3.63) is 71.0 Å². The van der Waals surface area contributed by atoms with Crippen molar-refractivity contribution < 1.29 is 14.4 Å². The largest absolute Gasteiger partial charge is 0.333 e. The van der Waals surface area contributed by atoms with Crippen LogP contribution >= 0.6 is 11.6 Å². The lowest BCUT2D eigenvalue weighted by Crippen LogP contribution is -2.56. The molecule has 8 heteroatoms. The molecule has 2 aromatic carbocycles. The zero-order valence-corrected chi connectivity index (χ0v) is 18.2. The van der Waals surface area contributed by atoms with Crippen LogP contribution in [0.4, 0.5) is 15.3 Å². The number of anilines is 1. The van der Waals surface area contributed by atoms with E-state index in [2.05, 4.69) is 10.3 Å². The Morgan fingerprint density at radius 1 is 1.22 bits per heavy atom. The second-order valence-corrected chi connectivity index (χ2v) is 8.42. The van der Waals surface area contributed by atoms with Crippen LogP contribution in [0.15, 0.2) is 54.7 Å². The van der Waals surface area contributed by atoms with Gasteiger partial charge in [-0.2, -0.15) is 0 Å². The van der Waals surface area contributed by atoms with Crippen LogP contribution in [-0.4, -0.2) is 34.4 Å². The monoisotopic (exact) mass is 448 g/mol. The molecular weight excluding hydrogens is 428 g/mol. The van der Waals surface area contributed by atoms with Crippen molar-refractivity contribution in [2.75, 3.05) is 11.4 Å². The van der Waals surface area contributed by atoms with E-state index in [9.17, 15) is 14.4 Å². The Morgan fingerprint density at radius 2 is 2.00 bits per heavy atom. The summed E-state index contributed by atoms with van der Waals surface area (Å²) >= 11 is 6.21. The molecule has 162 valence electrons. The van der Waals surface area contributed by atoms with E-state index in [-0.39, 0.29) is 0 Å². The van der Waals surface area contributed by atoms with Crippen molar-refractivity contribution in [2.45, 2.75) is 31.7 Å². The summed E-state index contributed by atoms with van der Waals surface area (Å²) < 4.78 is 0. The third kappa shape index (κ3) is 2.88. The number of aromatic nitrogens is 1. The van der Waals surface area contributed by atoms with Gasteiger partial charge in [-0.1, -0.05) is 48.0 Å². The molecular formula is C24H21ClN4O3. The number of fused-ring (bicyclic) bond motifs is 3. The molecule has 1 saturated heterocycles. The lowest BCUT2D eigenvalue weighted by Gasteiger charge is -2.40. The van der Waals surface area contributed by atoms with Crippen molar-refractivity contribution in [2.24, 2.45) is 0 Å². The number of carbonyl (C=O) groups excluding carboxylic acids is 3. The molecule has 7 nitrogen and oxygen atoms in total. The Kier molecular flexibility index (Phi) is 4.86. The van der Waals surface area contributed by atoms with Crippen LogP contribution in [-0.2, 0) is 16.8 Å². The van der Waals surface area contributed by atoms with Gasteiger partial charge in [0.05, 0.1) is 10.7 Å². The molecule has 0 saturated carbocycles. The summed E-state index contributed by atoms with van der Waals surface area (Å²) in [5, 5.41) is 4.59. The van der Waals surface area contributed by atoms with E-state index in [0.717, 1.165) is 15.7 Å². The van der Waals surface area contributed by atoms with Gasteiger partial charge in [0.2, 0.25) is 0 Å². The standard InChI is InChI=1S/C24H21ClN4O3/c1-2-28(20-11-5-8-15-7-3-4-9-17(15)20)23(32)29-22(31)27-21(30)24(29)12-6-10-19-18(24)13-16(25)14-26-19/h3-5,7-9,11,13-14H,2,6,10,12H2,1H3,(H,27,30,31)/t24-/m0/s1. The Bertz CT molecular complexity index is 1270. The molecule has 1 aliphatic heterocycles. The predicted octanol–water partition coefficient (Wildman–Crippen LogP) is 4.62. The van der Waals surface area contributed by atoms with Crippen LogP contribution in [0.2, 0.25) is 5.02 Å². The molecule has 1 fully saturated rings. The maximum atomic E-state index is 13.9. The molecule has 0 radical (unpaired) electrons. The molecule has 1 aliphatic carbocycles. The number of aryl methyl sites for hydroxylation is 1. The van der Waals surface area contributed by atoms with Crippen molar-refractivity contribution in [1.82, 2.24) is 15.2 Å². The third-order valence-electron chi connectivity index (χ3n) is 6.31. The van der Waals surface area contributed by atoms with Crippen LogP contribution in [0.25, 0.3) is 10.8 Å². The summed E-state index contributed by atoms with van der Waals surface area (Å²) in [5.74, 6) is -0.519. The Hall–Kier alpha value is -3.45. The van der Waals surface area contributed by atoms with Crippen LogP contribution in [0.5, 0.6) is 0 Å². The molecule has 32 heavy (non-hydrogen) atoms. The fourth-order valence-corrected chi connectivity index (χ4v) is 5.05. The van der Waals surface area contributed by atoms with Gasteiger partial charge in [-0.05, 0) is 43.7 Å². The maximum Gasteiger partial charge on any atom is 0.333 e. The first-order valence-electron chi connectivity index (χ1n) is 10.6. The predicted molar refractivity (Wildman–Crippen MR) is 122 cm³/mol. The zero-order valence-electron chi connectivity index (χ0n) is 17.5. The number of nitrogens with one attached hydrogen (secondary N) is 1. The summed E-state index contributed by atoms with van der Waals surface area (Å²) in [5.41, 5.74) is 0.411. The van der Waals surface area contributed by atoms with E-state index in [0.29, 0.717) is 47.8 Å². The molecule has 2 heterocycles. The highest BCUT2D eigenvalue weighted by molar-refractivity contribution is 6.30. The lowest BCUT2D eigenvalue weighted by atomic mass is 9.77. The van der Waals surface area contributed by atoms with Gasteiger partial charge in [-0.3, -0.25) is 20.0 Å². The van der Waals surface area contributed by atoms with Gasteiger partial charge in [-0.15, -0.1) is 0 Å². The van der Waals surface area contributed by atoms with Gasteiger partial charge in [-0.25, -0.2) is 14.5 Å². The quantitative estimate of drug-likeness (QED) is 0.580. The minimum atomic E-state index is -1.46. The molecule has 3 aromatic rings. The highest BCUT2D eigenvalue weighted by Gasteiger charge is 2.59. The van der Waals surface area contributed by atoms with Gasteiger partial charge >= 0.3 is 12.1 Å². The van der Waals surface area contributed by atoms with E-state index in [1.807, 2.05) is 49.4 Å². The number of nitrogens with zero attached hydrogens (tertiary/aromatic N) is 3. The molecule has 0 unspecified atom stereocenters. The van der Waals surface area contributed by atoms with Gasteiger partial charge in [0.25, 0.3) is 5.91 Å². The van der Waals surface area contributed by atoms with Crippen LogP contribution in [0.3, 0.4) is 0 Å². The highest BCUT2D eigenvalue weighted by Crippen LogP contribution is 2.44. The summed E-state index contributed by atoms with van der Waals surface area (Å²) in [6.45, 7) is 2.16. The first-order chi connectivity index (χ1) is 15.5. The van der Waals surface area contributed by atoms with E-state index in [1.54, 1.807) is 6.07 Å². The average Bonchev–Trinajstić information content (AvgIpc) is 3.04. The van der Waals surface area contributed by atoms with Crippen LogP contribution in [0.1, 0.15) is 31.0 Å². The number of rotatable bonds is 2. The summed E-state index contributed by atoms with van der Waals surface area (Å²) in [6.07, 6.45) is 3.11. The minimum absolute atomic E-state index is 0.318. The van der Waals surface area contributed by atoms with Crippen molar-refractivity contribution in [3.8, 4) is 0 Å².